The molecule has 36 valence electrons. The largest absolute Gasteiger partial charge is 0.363 e. The molecule has 2 heteroatoms. The van der Waals surface area contributed by atoms with E-state index in [0.717, 1.165) is 0 Å². The van der Waals surface area contributed by atoms with Crippen molar-refractivity contribution in [2.45, 2.75) is 22.9 Å². The summed E-state index contributed by atoms with van der Waals surface area (Å²) in [6.07, 6.45) is 0. The van der Waals surface area contributed by atoms with Gasteiger partial charge in [0.05, 0.1) is 0 Å². The molecule has 0 N–H and O–H groups in total. The summed E-state index contributed by atoms with van der Waals surface area (Å²) in [7, 11) is 0. The summed E-state index contributed by atoms with van der Waals surface area (Å²) in [6, 6.07) is 0. The highest BCUT2D eigenvalue weighted by molar-refractivity contribution is 6.34. The second-order valence-corrected chi connectivity index (χ2v) is 4.06. The standard InChI is InChI=1S/2C2H5.ClH.Mg/c2*1-2;;/h2*1H2,2H3;1H;. The van der Waals surface area contributed by atoms with E-state index in [9.17, 15) is 0 Å². The molecule has 0 aliphatic rings. The van der Waals surface area contributed by atoms with E-state index in [2.05, 4.69) is 13.8 Å². The fourth-order valence-electron chi connectivity index (χ4n) is 0.354. The molecule has 6 heavy (non-hydrogen) atoms. The Balaban J connectivity index is 0. The molecule has 0 aromatic rings. The molecule has 0 aromatic heterocycles. The quantitative estimate of drug-likeness (QED) is 0.487. The molecule has 0 heterocycles. The fraction of sp³-hybridized carbons (Fsp3) is 1.00. The Hall–Kier alpha value is 1.06. The number of hydrogen-bond donors (Lipinski definition) is 0. The van der Waals surface area contributed by atoms with Gasteiger partial charge in [-0.15, -0.1) is 21.5 Å². The van der Waals surface area contributed by atoms with Gasteiger partial charge in [0.15, 0.2) is 0 Å². The first-order valence-corrected chi connectivity index (χ1v) is 4.41. The van der Waals surface area contributed by atoms with Crippen molar-refractivity contribution in [1.82, 2.24) is 0 Å². The molecule has 0 unspecified atom stereocenters. The monoisotopic (exact) mass is 118 g/mol. The van der Waals surface area contributed by atoms with Crippen molar-refractivity contribution in [3.8, 4) is 0 Å². The second kappa shape index (κ2) is 9.41. The van der Waals surface area contributed by atoms with E-state index in [-0.39, 0.29) is 12.4 Å². The molecule has 0 bridgehead atoms. The van der Waals surface area contributed by atoms with E-state index in [1.165, 1.54) is 9.10 Å². The predicted molar refractivity (Wildman–Crippen MR) is 34.0 cm³/mol. The van der Waals surface area contributed by atoms with Gasteiger partial charge in [-0.3, -0.25) is 0 Å². The molecule has 0 aliphatic heterocycles. The van der Waals surface area contributed by atoms with E-state index < -0.39 is 0 Å². The zero-order valence-corrected chi connectivity index (χ0v) is 6.76. The summed E-state index contributed by atoms with van der Waals surface area (Å²) in [5.41, 5.74) is 0. The van der Waals surface area contributed by atoms with Crippen molar-refractivity contribution in [1.29, 1.82) is 0 Å². The molecule has 0 fully saturated rings. The van der Waals surface area contributed by atoms with Gasteiger partial charge >= 0.3 is 20.4 Å². The normalized spacial score (nSPS) is 5.67. The summed E-state index contributed by atoms with van der Waals surface area (Å²) in [5.74, 6) is 0. The molecule has 0 atom stereocenters. The SMILES string of the molecule is C[CH2][Mg][CH2]C.Cl. The number of rotatable bonds is 2. The highest BCUT2D eigenvalue weighted by atomic mass is 35.5. The third kappa shape index (κ3) is 8.91. The van der Waals surface area contributed by atoms with Crippen molar-refractivity contribution < 1.29 is 0 Å². The minimum atomic E-state index is 0. The van der Waals surface area contributed by atoms with Crippen molar-refractivity contribution in [3.05, 3.63) is 0 Å². The van der Waals surface area contributed by atoms with Crippen LogP contribution < -0.4 is 0 Å². The second-order valence-electron chi connectivity index (χ2n) is 1.35. The average molecular weight is 119 g/mol. The molecule has 0 nitrogen and oxygen atoms in total. The lowest BCUT2D eigenvalue weighted by Gasteiger charge is -1.72. The molecule has 0 saturated heterocycles. The Morgan fingerprint density at radius 3 is 1.50 bits per heavy atom. The first-order chi connectivity index (χ1) is 2.41. The fourth-order valence-corrected chi connectivity index (χ4v) is 1.06. The van der Waals surface area contributed by atoms with E-state index >= 15 is 0 Å². The van der Waals surface area contributed by atoms with Crippen molar-refractivity contribution in [2.75, 3.05) is 0 Å². The average Bonchev–Trinajstić information content (AvgIpc) is 1.41. The van der Waals surface area contributed by atoms with Gasteiger partial charge in [0, 0.05) is 0 Å². The molecule has 0 aliphatic carbocycles. The van der Waals surface area contributed by atoms with Crippen LogP contribution in [0.2, 0.25) is 9.10 Å². The molecule has 0 amide bonds. The highest BCUT2D eigenvalue weighted by Gasteiger charge is 1.79. The molecule has 0 saturated carbocycles. The summed E-state index contributed by atoms with van der Waals surface area (Å²) in [4.78, 5) is 0. The summed E-state index contributed by atoms with van der Waals surface area (Å²) in [6.45, 7) is 4.55. The predicted octanol–water partition coefficient (Wildman–Crippen LogP) is 1.99. The first-order valence-electron chi connectivity index (χ1n) is 2.41. The summed E-state index contributed by atoms with van der Waals surface area (Å²) < 4.78 is 2.97. The Morgan fingerprint density at radius 1 is 1.17 bits per heavy atom. The smallest absolute Gasteiger partial charge is 0.149 e. The lowest BCUT2D eigenvalue weighted by Crippen LogP contribution is -1.76. The molecular formula is C4H11ClMg. The van der Waals surface area contributed by atoms with E-state index in [1.54, 1.807) is 0 Å². The molecular weight excluding hydrogens is 108 g/mol. The molecule has 0 aromatic carbocycles. The Morgan fingerprint density at radius 2 is 1.50 bits per heavy atom. The van der Waals surface area contributed by atoms with E-state index in [4.69, 9.17) is 0 Å². The molecule has 0 rings (SSSR count). The third-order valence-corrected chi connectivity index (χ3v) is 2.12. The van der Waals surface area contributed by atoms with E-state index in [0.29, 0.717) is 20.4 Å². The van der Waals surface area contributed by atoms with Gasteiger partial charge in [0.25, 0.3) is 0 Å². The van der Waals surface area contributed by atoms with Crippen molar-refractivity contribution in [3.63, 3.8) is 0 Å². The topological polar surface area (TPSA) is 0 Å². The Labute approximate surface area is 55.8 Å². The van der Waals surface area contributed by atoms with Gasteiger partial charge < -0.3 is 0 Å². The van der Waals surface area contributed by atoms with Gasteiger partial charge in [-0.05, 0) is 0 Å². The zero-order chi connectivity index (χ0) is 4.12. The van der Waals surface area contributed by atoms with Gasteiger partial charge in [-0.2, -0.15) is 0 Å². The number of halogens is 1. The van der Waals surface area contributed by atoms with Crippen LogP contribution in [0.5, 0.6) is 0 Å². The maximum Gasteiger partial charge on any atom is 0.363 e. The first kappa shape index (κ1) is 10.1. The van der Waals surface area contributed by atoms with Gasteiger partial charge in [0.1, 0.15) is 0 Å². The van der Waals surface area contributed by atoms with Gasteiger partial charge in [-0.25, -0.2) is 0 Å². The van der Waals surface area contributed by atoms with Crippen LogP contribution in [-0.2, 0) is 0 Å². The lowest BCUT2D eigenvalue weighted by molar-refractivity contribution is 1.36. The van der Waals surface area contributed by atoms with Crippen LogP contribution in [0.3, 0.4) is 0 Å². The van der Waals surface area contributed by atoms with Crippen LogP contribution in [0, 0.1) is 0 Å². The van der Waals surface area contributed by atoms with Crippen LogP contribution >= 0.6 is 12.4 Å². The van der Waals surface area contributed by atoms with Crippen LogP contribution in [-0.4, -0.2) is 20.4 Å². The van der Waals surface area contributed by atoms with E-state index in [1.807, 2.05) is 0 Å². The lowest BCUT2D eigenvalue weighted by atomic mass is 10.9. The maximum atomic E-state index is 2.27. The highest BCUT2D eigenvalue weighted by Crippen LogP contribution is 1.77. The number of hydrogen-bond acceptors (Lipinski definition) is 0. The van der Waals surface area contributed by atoms with Crippen LogP contribution in [0.1, 0.15) is 13.8 Å². The van der Waals surface area contributed by atoms with Crippen molar-refractivity contribution in [2.24, 2.45) is 0 Å². The van der Waals surface area contributed by atoms with Gasteiger partial charge in [0.2, 0.25) is 0 Å². The minimum absolute atomic E-state index is 0. The maximum absolute atomic E-state index is 2.27. The molecule has 0 radical (unpaired) electrons. The Kier molecular flexibility index (Phi) is 15.9. The third-order valence-electron chi connectivity index (χ3n) is 0.707. The Bertz CT molecular complexity index is 15.0. The minimum Gasteiger partial charge on any atom is -0.149 e. The van der Waals surface area contributed by atoms with Gasteiger partial charge in [-0.1, -0.05) is 13.8 Å². The summed E-state index contributed by atoms with van der Waals surface area (Å²) in [5, 5.41) is 0. The van der Waals surface area contributed by atoms with Crippen LogP contribution in [0.15, 0.2) is 0 Å². The summed E-state index contributed by atoms with van der Waals surface area (Å²) >= 11 is 0.432. The van der Waals surface area contributed by atoms with Crippen LogP contribution in [0.4, 0.5) is 0 Å². The van der Waals surface area contributed by atoms with Crippen molar-refractivity contribution >= 4 is 32.8 Å². The molecule has 0 spiro atoms. The van der Waals surface area contributed by atoms with Crippen LogP contribution in [0.25, 0.3) is 0 Å². The zero-order valence-electron chi connectivity index (χ0n) is 4.53.